The van der Waals surface area contributed by atoms with Crippen LogP contribution in [-0.4, -0.2) is 75.7 Å². The number of benzene rings is 1. The Balaban J connectivity index is 1.19. The maximum absolute atomic E-state index is 15.2. The summed E-state index contributed by atoms with van der Waals surface area (Å²) < 4.78 is 27.3. The number of pyridine rings is 2. The number of nitrogens with one attached hydrogen (secondary N) is 4. The molecule has 3 aliphatic rings. The molecule has 7 N–H and O–H groups in total. The molecule has 6 rings (SSSR count). The fourth-order valence-electron chi connectivity index (χ4n) is 7.17. The molecular weight excluding hydrogens is 693 g/mol. The number of nitrogens with two attached hydrogens (primary N) is 1. The van der Waals surface area contributed by atoms with Crippen molar-refractivity contribution in [1.29, 1.82) is 0 Å². The number of carbonyl (C=O) groups excluding carboxylic acids is 5. The van der Waals surface area contributed by atoms with E-state index in [0.29, 0.717) is 51.8 Å². The third-order valence-corrected chi connectivity index (χ3v) is 10.2. The summed E-state index contributed by atoms with van der Waals surface area (Å²) in [5.74, 6) is -3.49. The summed E-state index contributed by atoms with van der Waals surface area (Å²) in [5.41, 5.74) is 6.98. The molecule has 0 saturated heterocycles. The highest BCUT2D eigenvalue weighted by atomic mass is 19.1. The van der Waals surface area contributed by atoms with Gasteiger partial charge in [-0.2, -0.15) is 0 Å². The van der Waals surface area contributed by atoms with E-state index in [4.69, 9.17) is 20.2 Å². The lowest BCUT2D eigenvalue weighted by molar-refractivity contribution is -0.172. The van der Waals surface area contributed by atoms with Crippen LogP contribution in [0.3, 0.4) is 0 Å². The minimum Gasteiger partial charge on any atom is -0.458 e. The fourth-order valence-corrected chi connectivity index (χ4v) is 7.17. The van der Waals surface area contributed by atoms with Crippen molar-refractivity contribution in [1.82, 2.24) is 30.8 Å². The van der Waals surface area contributed by atoms with Crippen LogP contribution in [0, 0.1) is 12.7 Å². The first-order chi connectivity index (χ1) is 25.1. The van der Waals surface area contributed by atoms with Crippen molar-refractivity contribution in [2.45, 2.75) is 96.8 Å². The molecule has 0 fully saturated rings. The quantitative estimate of drug-likeness (QED) is 0.0686. The van der Waals surface area contributed by atoms with Gasteiger partial charge in [0.05, 0.1) is 41.1 Å². The molecule has 3 aromatic rings. The molecule has 1 aliphatic carbocycles. The number of hydrogen-bond acceptors (Lipinski definition) is 11. The van der Waals surface area contributed by atoms with Gasteiger partial charge in [0.1, 0.15) is 37.8 Å². The molecule has 282 valence electrons. The van der Waals surface area contributed by atoms with E-state index in [1.54, 1.807) is 19.9 Å². The number of cyclic esters (lactones) is 1. The number of ether oxygens (including phenoxy) is 2. The van der Waals surface area contributed by atoms with Gasteiger partial charge in [-0.05, 0) is 69.7 Å². The zero-order valence-corrected chi connectivity index (χ0v) is 30.0. The van der Waals surface area contributed by atoms with Crippen molar-refractivity contribution in [3.05, 3.63) is 61.7 Å². The minimum atomic E-state index is -2.02. The van der Waals surface area contributed by atoms with Crippen LogP contribution >= 0.6 is 0 Å². The summed E-state index contributed by atoms with van der Waals surface area (Å²) in [6.07, 6.45) is 0.825. The number of aliphatic hydroxyl groups is 1. The van der Waals surface area contributed by atoms with Crippen molar-refractivity contribution in [2.75, 3.05) is 13.3 Å². The van der Waals surface area contributed by atoms with Gasteiger partial charge >= 0.3 is 5.97 Å². The molecule has 1 unspecified atom stereocenters. The Kier molecular flexibility index (Phi) is 10.1. The van der Waals surface area contributed by atoms with Gasteiger partial charge < -0.3 is 46.1 Å². The highest BCUT2D eigenvalue weighted by Crippen LogP contribution is 2.45. The van der Waals surface area contributed by atoms with E-state index < -0.39 is 77.3 Å². The number of rotatable bonds is 11. The highest BCUT2D eigenvalue weighted by Gasteiger charge is 2.46. The second-order valence-corrected chi connectivity index (χ2v) is 13.8. The van der Waals surface area contributed by atoms with Crippen LogP contribution in [0.5, 0.6) is 0 Å². The van der Waals surface area contributed by atoms with Crippen LogP contribution in [0.2, 0.25) is 0 Å². The SMILES string of the molecule is CC[C@@]1(O)C(=O)OCc2c1cc1n(c2=O)Cc2c-1nc1cc(F)c(C)c3c1c2C(NC(=O)COCNC(=O)[C@H](C)NC(=O)[C@H](C)NC(=O)[C@H](C)N)CC3. The normalized spacial score (nSPS) is 19.9. The second kappa shape index (κ2) is 14.3. The molecule has 16 nitrogen and oxygen atoms in total. The predicted octanol–water partition coefficient (Wildman–Crippen LogP) is 0.0775. The van der Waals surface area contributed by atoms with E-state index in [9.17, 15) is 33.9 Å². The van der Waals surface area contributed by atoms with Gasteiger partial charge in [-0.25, -0.2) is 14.2 Å². The van der Waals surface area contributed by atoms with E-state index in [2.05, 4.69) is 21.3 Å². The zero-order valence-electron chi connectivity index (χ0n) is 30.0. The van der Waals surface area contributed by atoms with E-state index in [0.717, 1.165) is 5.56 Å². The van der Waals surface area contributed by atoms with Crippen LogP contribution in [-0.2, 0) is 58.6 Å². The smallest absolute Gasteiger partial charge is 0.343 e. The first kappa shape index (κ1) is 37.5. The lowest BCUT2D eigenvalue weighted by Gasteiger charge is -2.31. The molecule has 4 amide bonds. The van der Waals surface area contributed by atoms with Crippen LogP contribution < -0.4 is 32.6 Å². The number of fused-ring (bicyclic) bond motifs is 5. The number of hydrogen-bond donors (Lipinski definition) is 6. The summed E-state index contributed by atoms with van der Waals surface area (Å²) in [5, 5.41) is 22.3. The maximum Gasteiger partial charge on any atom is 0.343 e. The van der Waals surface area contributed by atoms with E-state index in [1.165, 1.54) is 31.4 Å². The standard InChI is InChI=1S/C36H42FN7O9/c1-6-36(51)22-9-26-30-20(11-44(26)34(49)21(22)12-53-35(36)50)29-24(8-7-19-15(2)23(37)10-25(43-30)28(19)29)42-27(45)13-52-14-39-32(47)17(4)41-33(48)18(5)40-31(46)16(3)38/h9-10,16-18,24,51H,6-8,11-14,38H2,1-5H3,(H,39,47)(H,40,46)(H,41,48)(H,42,45)/t16-,17-,18-,24?,36-/m0/s1. The van der Waals surface area contributed by atoms with Crippen LogP contribution in [0.1, 0.15) is 80.0 Å². The molecule has 1 aromatic carbocycles. The molecule has 53 heavy (non-hydrogen) atoms. The van der Waals surface area contributed by atoms with Crippen molar-refractivity contribution in [3.8, 4) is 11.4 Å². The van der Waals surface area contributed by atoms with Crippen molar-refractivity contribution in [2.24, 2.45) is 5.73 Å². The van der Waals surface area contributed by atoms with E-state index in [1.807, 2.05) is 0 Å². The lowest BCUT2D eigenvalue weighted by Crippen LogP contribution is -2.53. The number of aryl methyl sites for hydroxylation is 1. The Morgan fingerprint density at radius 3 is 2.49 bits per heavy atom. The summed E-state index contributed by atoms with van der Waals surface area (Å²) in [7, 11) is 0. The van der Waals surface area contributed by atoms with E-state index >= 15 is 4.39 Å². The van der Waals surface area contributed by atoms with Crippen molar-refractivity contribution < 1.29 is 42.9 Å². The summed E-state index contributed by atoms with van der Waals surface area (Å²) in [6, 6.07) is -0.384. The van der Waals surface area contributed by atoms with Gasteiger partial charge in [-0.3, -0.25) is 24.0 Å². The first-order valence-electron chi connectivity index (χ1n) is 17.4. The lowest BCUT2D eigenvalue weighted by atomic mass is 9.81. The number of nitrogens with zero attached hydrogens (tertiary/aromatic N) is 2. The summed E-state index contributed by atoms with van der Waals surface area (Å²) in [6.45, 7) is 6.69. The second-order valence-electron chi connectivity index (χ2n) is 13.8. The molecule has 0 bridgehead atoms. The van der Waals surface area contributed by atoms with Crippen LogP contribution in [0.25, 0.3) is 22.3 Å². The van der Waals surface area contributed by atoms with Gasteiger partial charge in [-0.15, -0.1) is 0 Å². The van der Waals surface area contributed by atoms with Gasteiger partial charge in [0.15, 0.2) is 5.60 Å². The fraction of sp³-hybridized carbons (Fsp3) is 0.472. The van der Waals surface area contributed by atoms with Crippen LogP contribution in [0.15, 0.2) is 16.9 Å². The number of amides is 4. The van der Waals surface area contributed by atoms with Gasteiger partial charge in [0.2, 0.25) is 23.6 Å². The molecule has 0 saturated carbocycles. The van der Waals surface area contributed by atoms with E-state index in [-0.39, 0.29) is 37.4 Å². The minimum absolute atomic E-state index is 0.0243. The highest BCUT2D eigenvalue weighted by molar-refractivity contribution is 5.94. The molecule has 17 heteroatoms. The number of esters is 1. The molecule has 4 heterocycles. The topological polar surface area (TPSA) is 233 Å². The Morgan fingerprint density at radius 2 is 1.79 bits per heavy atom. The summed E-state index contributed by atoms with van der Waals surface area (Å²) >= 11 is 0. The summed E-state index contributed by atoms with van der Waals surface area (Å²) in [4.78, 5) is 81.2. The Hall–Kier alpha value is -5.26. The third kappa shape index (κ3) is 6.64. The largest absolute Gasteiger partial charge is 0.458 e. The number of aromatic nitrogens is 2. The molecule has 5 atom stereocenters. The average molecular weight is 736 g/mol. The number of halogens is 1. The zero-order chi connectivity index (χ0) is 38.5. The molecule has 2 aliphatic heterocycles. The van der Waals surface area contributed by atoms with Crippen molar-refractivity contribution >= 4 is 40.5 Å². The third-order valence-electron chi connectivity index (χ3n) is 10.2. The Bertz CT molecular complexity index is 2130. The molecule has 2 aromatic heterocycles. The molecule has 0 spiro atoms. The van der Waals surface area contributed by atoms with Crippen molar-refractivity contribution in [3.63, 3.8) is 0 Å². The van der Waals surface area contributed by atoms with Gasteiger partial charge in [0, 0.05) is 22.6 Å². The van der Waals surface area contributed by atoms with Gasteiger partial charge in [-0.1, -0.05) is 6.92 Å². The monoisotopic (exact) mass is 735 g/mol. The average Bonchev–Trinajstić information content (AvgIpc) is 3.49. The van der Waals surface area contributed by atoms with Crippen LogP contribution in [0.4, 0.5) is 4.39 Å². The number of carbonyl (C=O) groups is 5. The van der Waals surface area contributed by atoms with Gasteiger partial charge in [0.25, 0.3) is 5.56 Å². The Morgan fingerprint density at radius 1 is 1.09 bits per heavy atom. The maximum atomic E-state index is 15.2. The predicted molar refractivity (Wildman–Crippen MR) is 186 cm³/mol. The first-order valence-corrected chi connectivity index (χ1v) is 17.4. The molecular formula is C36H42FN7O9. The molecule has 0 radical (unpaired) electrons. The Labute approximate surface area is 303 Å².